The number of nitrogens with zero attached hydrogens (tertiary/aromatic N) is 2. The standard InChI is InChI=1S/C24H30F2N4O2/c1-14(20-28-18-5-3-4-6-19(18)30(20)22(25)26)12-27-21(32)23-8-16-7-17(9-23)11-24(10-16,13-23)29-15(2)31/h3-6,14,16-17,22H,7-13H2,1-2H3,(H,27,32)(H,29,31)/t14-,16+,17+,23?,24?/m1/s1. The normalized spacial score (nSPS) is 31.8. The number of imidazole rings is 1. The van der Waals surface area contributed by atoms with Gasteiger partial charge in [0.05, 0.1) is 16.4 Å². The smallest absolute Gasteiger partial charge is 0.320 e. The van der Waals surface area contributed by atoms with E-state index in [9.17, 15) is 18.4 Å². The quantitative estimate of drug-likeness (QED) is 0.704. The highest BCUT2D eigenvalue weighted by atomic mass is 19.3. The van der Waals surface area contributed by atoms with Gasteiger partial charge >= 0.3 is 6.55 Å². The highest BCUT2D eigenvalue weighted by Gasteiger charge is 2.60. The molecular formula is C24H30F2N4O2. The number of carbonyl (C=O) groups is 2. The summed E-state index contributed by atoms with van der Waals surface area (Å²) in [5.41, 5.74) is 0.172. The molecule has 0 aliphatic heterocycles. The van der Waals surface area contributed by atoms with Gasteiger partial charge in [-0.15, -0.1) is 0 Å². The number of alkyl halides is 2. The van der Waals surface area contributed by atoms with Gasteiger partial charge in [0.25, 0.3) is 0 Å². The van der Waals surface area contributed by atoms with E-state index in [2.05, 4.69) is 15.6 Å². The lowest BCUT2D eigenvalue weighted by molar-refractivity contribution is -0.153. The average molecular weight is 445 g/mol. The lowest BCUT2D eigenvalue weighted by Gasteiger charge is -2.61. The minimum absolute atomic E-state index is 0.00659. The Morgan fingerprint density at radius 2 is 1.88 bits per heavy atom. The molecule has 1 aromatic heterocycles. The van der Waals surface area contributed by atoms with Crippen molar-refractivity contribution in [3.05, 3.63) is 30.1 Å². The molecule has 4 fully saturated rings. The zero-order valence-corrected chi connectivity index (χ0v) is 18.5. The summed E-state index contributed by atoms with van der Waals surface area (Å²) in [5, 5.41) is 6.25. The van der Waals surface area contributed by atoms with Gasteiger partial charge < -0.3 is 10.6 Å². The molecule has 0 spiro atoms. The summed E-state index contributed by atoms with van der Waals surface area (Å²) >= 11 is 0. The summed E-state index contributed by atoms with van der Waals surface area (Å²) < 4.78 is 28.6. The monoisotopic (exact) mass is 444 g/mol. The Labute approximate surface area is 186 Å². The Morgan fingerprint density at radius 3 is 2.53 bits per heavy atom. The molecule has 6 rings (SSSR count). The number of nitrogens with one attached hydrogen (secondary N) is 2. The first kappa shape index (κ1) is 21.3. The molecule has 172 valence electrons. The molecule has 1 aromatic carbocycles. The van der Waals surface area contributed by atoms with Gasteiger partial charge in [-0.25, -0.2) is 4.98 Å². The second kappa shape index (κ2) is 7.52. The molecule has 4 aliphatic rings. The Hall–Kier alpha value is -2.51. The van der Waals surface area contributed by atoms with Crippen molar-refractivity contribution >= 4 is 22.8 Å². The molecule has 4 saturated carbocycles. The molecule has 0 radical (unpaired) electrons. The third-order valence-corrected chi connectivity index (χ3v) is 7.81. The Morgan fingerprint density at radius 1 is 1.19 bits per heavy atom. The SMILES string of the molecule is CC(=O)NC12C[C@H]3C[C@H](C1)CC(C(=O)NC[C@@H](C)c1nc4ccccc4n1C(F)F)(C3)C2. The predicted octanol–water partition coefficient (Wildman–Crippen LogP) is 4.13. The van der Waals surface area contributed by atoms with Crippen molar-refractivity contribution in [3.8, 4) is 0 Å². The molecule has 0 unspecified atom stereocenters. The highest BCUT2D eigenvalue weighted by molar-refractivity contribution is 5.84. The number of carbonyl (C=O) groups excluding carboxylic acids is 2. The second-order valence-corrected chi connectivity index (χ2v) is 10.4. The molecule has 2 amide bonds. The van der Waals surface area contributed by atoms with E-state index in [1.165, 1.54) is 0 Å². The number of hydrogen-bond donors (Lipinski definition) is 2. The lowest BCUT2D eigenvalue weighted by Crippen LogP contribution is -2.65. The zero-order valence-electron chi connectivity index (χ0n) is 18.5. The summed E-state index contributed by atoms with van der Waals surface area (Å²) in [6.07, 6.45) is 5.40. The maximum absolute atomic E-state index is 13.8. The molecule has 32 heavy (non-hydrogen) atoms. The van der Waals surface area contributed by atoms with E-state index < -0.39 is 12.0 Å². The molecule has 6 nitrogen and oxygen atoms in total. The summed E-state index contributed by atoms with van der Waals surface area (Å²) in [4.78, 5) is 29.7. The van der Waals surface area contributed by atoms with Crippen LogP contribution in [0.1, 0.15) is 70.7 Å². The van der Waals surface area contributed by atoms with Crippen molar-refractivity contribution in [3.63, 3.8) is 0 Å². The van der Waals surface area contributed by atoms with Crippen LogP contribution in [-0.4, -0.2) is 33.4 Å². The largest absolute Gasteiger partial charge is 0.355 e. The van der Waals surface area contributed by atoms with Crippen LogP contribution in [0.4, 0.5) is 8.78 Å². The van der Waals surface area contributed by atoms with Crippen molar-refractivity contribution in [1.82, 2.24) is 20.2 Å². The first-order chi connectivity index (χ1) is 15.2. The molecular weight excluding hydrogens is 414 g/mol. The van der Waals surface area contributed by atoms with Gasteiger partial charge in [0.1, 0.15) is 5.82 Å². The maximum Gasteiger partial charge on any atom is 0.320 e. The van der Waals surface area contributed by atoms with Crippen LogP contribution in [0, 0.1) is 17.3 Å². The third kappa shape index (κ3) is 3.48. The second-order valence-electron chi connectivity index (χ2n) is 10.4. The fraction of sp³-hybridized carbons (Fsp3) is 0.625. The first-order valence-electron chi connectivity index (χ1n) is 11.5. The van der Waals surface area contributed by atoms with Crippen molar-refractivity contribution in [2.75, 3.05) is 6.54 Å². The van der Waals surface area contributed by atoms with Gasteiger partial charge in [-0.2, -0.15) is 8.78 Å². The number of aromatic nitrogens is 2. The van der Waals surface area contributed by atoms with Crippen molar-refractivity contribution in [1.29, 1.82) is 0 Å². The van der Waals surface area contributed by atoms with Crippen molar-refractivity contribution in [2.45, 2.75) is 70.4 Å². The fourth-order valence-electron chi connectivity index (χ4n) is 7.19. The zero-order chi connectivity index (χ0) is 22.7. The summed E-state index contributed by atoms with van der Waals surface area (Å²) in [5.74, 6) is 0.777. The Kier molecular flexibility index (Phi) is 5.02. The third-order valence-electron chi connectivity index (χ3n) is 7.81. The van der Waals surface area contributed by atoms with Crippen molar-refractivity contribution in [2.24, 2.45) is 17.3 Å². The minimum Gasteiger partial charge on any atom is -0.355 e. The van der Waals surface area contributed by atoms with Crippen molar-refractivity contribution < 1.29 is 18.4 Å². The average Bonchev–Trinajstić information content (AvgIpc) is 3.09. The number of benzene rings is 1. The first-order valence-corrected chi connectivity index (χ1v) is 11.5. The lowest BCUT2D eigenvalue weighted by atomic mass is 9.46. The topological polar surface area (TPSA) is 76.0 Å². The molecule has 0 saturated heterocycles. The van der Waals surface area contributed by atoms with E-state index in [-0.39, 0.29) is 35.6 Å². The Balaban J connectivity index is 1.34. The number of fused-ring (bicyclic) bond motifs is 1. The van der Waals surface area contributed by atoms with Crippen LogP contribution in [0.5, 0.6) is 0 Å². The summed E-state index contributed by atoms with van der Waals surface area (Å²) in [6.45, 7) is 0.913. The maximum atomic E-state index is 13.8. The van der Waals surface area contributed by atoms with E-state index in [1.807, 2.05) is 6.92 Å². The molecule has 2 aromatic rings. The number of hydrogen-bond acceptors (Lipinski definition) is 3. The van der Waals surface area contributed by atoms with Gasteiger partial charge in [0, 0.05) is 24.9 Å². The van der Waals surface area contributed by atoms with Crippen LogP contribution in [0.3, 0.4) is 0 Å². The predicted molar refractivity (Wildman–Crippen MR) is 116 cm³/mol. The number of halogens is 2. The van der Waals surface area contributed by atoms with E-state index in [0.29, 0.717) is 29.3 Å². The van der Waals surface area contributed by atoms with E-state index >= 15 is 0 Å². The summed E-state index contributed by atoms with van der Waals surface area (Å²) in [6, 6.07) is 6.86. The molecule has 2 N–H and O–H groups in total. The molecule has 1 heterocycles. The van der Waals surface area contributed by atoms with Gasteiger partial charge in [-0.1, -0.05) is 19.1 Å². The number of amides is 2. The van der Waals surface area contributed by atoms with E-state index in [1.54, 1.807) is 31.2 Å². The molecule has 3 atom stereocenters. The number of rotatable bonds is 6. The fourth-order valence-corrected chi connectivity index (χ4v) is 7.19. The van der Waals surface area contributed by atoms with Crippen LogP contribution in [-0.2, 0) is 9.59 Å². The van der Waals surface area contributed by atoms with Crippen LogP contribution in [0.2, 0.25) is 0 Å². The molecule has 4 bridgehead atoms. The summed E-state index contributed by atoms with van der Waals surface area (Å²) in [7, 11) is 0. The van der Waals surface area contributed by atoms with E-state index in [4.69, 9.17) is 0 Å². The molecule has 8 heteroatoms. The minimum atomic E-state index is -2.70. The van der Waals surface area contributed by atoms with Gasteiger partial charge in [-0.05, 0) is 62.5 Å². The van der Waals surface area contributed by atoms with E-state index in [0.717, 1.165) is 36.7 Å². The van der Waals surface area contributed by atoms with Gasteiger partial charge in [0.15, 0.2) is 0 Å². The van der Waals surface area contributed by atoms with Crippen LogP contribution >= 0.6 is 0 Å². The number of para-hydroxylation sites is 2. The highest BCUT2D eigenvalue weighted by Crippen LogP contribution is 2.61. The van der Waals surface area contributed by atoms with Crippen LogP contribution in [0.25, 0.3) is 11.0 Å². The Bertz CT molecular complexity index is 1050. The van der Waals surface area contributed by atoms with Crippen LogP contribution in [0.15, 0.2) is 24.3 Å². The van der Waals surface area contributed by atoms with Gasteiger partial charge in [-0.3, -0.25) is 14.2 Å². The van der Waals surface area contributed by atoms with Crippen LogP contribution < -0.4 is 10.6 Å². The van der Waals surface area contributed by atoms with Gasteiger partial charge in [0.2, 0.25) is 11.8 Å². The molecule has 4 aliphatic carbocycles.